The van der Waals surface area contributed by atoms with Crippen molar-refractivity contribution in [3.05, 3.63) is 40.5 Å². The first-order valence-corrected chi connectivity index (χ1v) is 7.88. The molecule has 0 radical (unpaired) electrons. The van der Waals surface area contributed by atoms with Gasteiger partial charge in [0.2, 0.25) is 0 Å². The Kier molecular flexibility index (Phi) is 3.88. The molecule has 2 aromatic rings. The van der Waals surface area contributed by atoms with Crippen molar-refractivity contribution in [2.45, 2.75) is 24.7 Å². The van der Waals surface area contributed by atoms with Gasteiger partial charge >= 0.3 is 0 Å². The Balaban J connectivity index is 2.35. The molecule has 0 aliphatic heterocycles. The molecule has 102 valence electrons. The van der Waals surface area contributed by atoms with E-state index in [1.165, 1.54) is 0 Å². The lowest BCUT2D eigenvalue weighted by molar-refractivity contribution is 0.285. The number of hydrogen-bond acceptors (Lipinski definition) is 5. The smallest absolute Gasteiger partial charge is 0.271 e. The molecule has 0 bridgehead atoms. The van der Waals surface area contributed by atoms with Crippen molar-refractivity contribution in [3.63, 3.8) is 0 Å². The molecule has 0 fully saturated rings. The lowest BCUT2D eigenvalue weighted by atomic mass is 10.3. The third-order valence-corrected chi connectivity index (χ3v) is 5.72. The predicted octanol–water partition coefficient (Wildman–Crippen LogP) is 2.05. The van der Waals surface area contributed by atoms with E-state index in [1.807, 2.05) is 0 Å². The van der Waals surface area contributed by atoms with E-state index >= 15 is 0 Å². The third-order valence-electron chi connectivity index (χ3n) is 2.66. The van der Waals surface area contributed by atoms with Crippen LogP contribution in [0.15, 0.2) is 28.6 Å². The molecular weight excluding hydrogens is 284 g/mol. The summed E-state index contributed by atoms with van der Waals surface area (Å²) >= 11 is 1.07. The first-order chi connectivity index (χ1) is 8.94. The van der Waals surface area contributed by atoms with Gasteiger partial charge in [0.1, 0.15) is 4.21 Å². The quantitative estimate of drug-likeness (QED) is 0.905. The molecule has 19 heavy (non-hydrogen) atoms. The average molecular weight is 298 g/mol. The maximum Gasteiger partial charge on any atom is 0.271 e. The molecule has 0 amide bonds. The van der Waals surface area contributed by atoms with Crippen molar-refractivity contribution < 1.29 is 13.5 Å². The highest BCUT2D eigenvalue weighted by Gasteiger charge is 2.19. The first kappa shape index (κ1) is 14.0. The van der Waals surface area contributed by atoms with Crippen molar-refractivity contribution in [3.8, 4) is 0 Å². The number of thiophene rings is 1. The van der Waals surface area contributed by atoms with Gasteiger partial charge in [-0.05, 0) is 37.6 Å². The molecule has 0 aromatic carbocycles. The zero-order valence-corrected chi connectivity index (χ0v) is 12.2. The number of aliphatic hydroxyl groups is 1. The maximum atomic E-state index is 12.2. The molecule has 0 unspecified atom stereocenters. The van der Waals surface area contributed by atoms with Crippen LogP contribution in [0.2, 0.25) is 0 Å². The van der Waals surface area contributed by atoms with Crippen LogP contribution < -0.4 is 4.72 Å². The highest BCUT2D eigenvalue weighted by atomic mass is 32.2. The van der Waals surface area contributed by atoms with Crippen molar-refractivity contribution in [1.82, 2.24) is 4.98 Å². The summed E-state index contributed by atoms with van der Waals surface area (Å²) in [7, 11) is -3.63. The number of aromatic nitrogens is 1. The van der Waals surface area contributed by atoms with Gasteiger partial charge in [0.15, 0.2) is 0 Å². The fourth-order valence-corrected chi connectivity index (χ4v) is 4.13. The van der Waals surface area contributed by atoms with E-state index in [0.29, 0.717) is 16.3 Å². The van der Waals surface area contributed by atoms with E-state index in [2.05, 4.69) is 9.71 Å². The summed E-state index contributed by atoms with van der Waals surface area (Å²) in [5, 5.41) is 9.12. The fraction of sp³-hybridized carbons (Fsp3) is 0.250. The second-order valence-corrected chi connectivity index (χ2v) is 7.12. The molecular formula is C12H14N2O3S2. The van der Waals surface area contributed by atoms with Crippen LogP contribution in [-0.4, -0.2) is 18.5 Å². The molecule has 0 aliphatic carbocycles. The number of anilines is 1. The van der Waals surface area contributed by atoms with E-state index < -0.39 is 10.0 Å². The third kappa shape index (κ3) is 2.94. The van der Waals surface area contributed by atoms with Crippen molar-refractivity contribution in [1.29, 1.82) is 0 Å². The molecule has 0 spiro atoms. The standard InChI is InChI=1S/C12H14N2O3S2/c1-8-6-12(18-11(8)7-15)19(16,17)14-10-4-3-5-13-9(10)2/h3-6,14-15H,7H2,1-2H3. The zero-order valence-electron chi connectivity index (χ0n) is 10.5. The van der Waals surface area contributed by atoms with Gasteiger partial charge in [-0.1, -0.05) is 0 Å². The number of aliphatic hydroxyl groups excluding tert-OH is 1. The van der Waals surface area contributed by atoms with Crippen LogP contribution in [0.4, 0.5) is 5.69 Å². The second kappa shape index (κ2) is 5.28. The Hall–Kier alpha value is -1.44. The number of pyridine rings is 1. The molecule has 2 rings (SSSR count). The van der Waals surface area contributed by atoms with Crippen molar-refractivity contribution >= 4 is 27.0 Å². The van der Waals surface area contributed by atoms with Crippen LogP contribution in [-0.2, 0) is 16.6 Å². The topological polar surface area (TPSA) is 79.3 Å². The minimum atomic E-state index is -3.63. The number of hydrogen-bond donors (Lipinski definition) is 2. The van der Waals surface area contributed by atoms with Crippen LogP contribution in [0.5, 0.6) is 0 Å². The van der Waals surface area contributed by atoms with Crippen LogP contribution in [0.1, 0.15) is 16.1 Å². The van der Waals surface area contributed by atoms with E-state index in [-0.39, 0.29) is 10.8 Å². The van der Waals surface area contributed by atoms with Crippen LogP contribution in [0.3, 0.4) is 0 Å². The van der Waals surface area contributed by atoms with E-state index in [9.17, 15) is 8.42 Å². The molecule has 5 nitrogen and oxygen atoms in total. The van der Waals surface area contributed by atoms with Gasteiger partial charge in [-0.2, -0.15) is 0 Å². The van der Waals surface area contributed by atoms with Crippen LogP contribution in [0, 0.1) is 13.8 Å². The average Bonchev–Trinajstić information content (AvgIpc) is 2.74. The fourth-order valence-electron chi connectivity index (χ4n) is 1.57. The summed E-state index contributed by atoms with van der Waals surface area (Å²) in [6.07, 6.45) is 1.60. The highest BCUT2D eigenvalue weighted by molar-refractivity contribution is 7.94. The number of sulfonamides is 1. The Morgan fingerprint density at radius 2 is 2.16 bits per heavy atom. The summed E-state index contributed by atoms with van der Waals surface area (Å²) in [6.45, 7) is 3.35. The molecule has 0 atom stereocenters. The molecule has 2 N–H and O–H groups in total. The summed E-state index contributed by atoms with van der Waals surface area (Å²) in [5.41, 5.74) is 1.84. The van der Waals surface area contributed by atoms with Gasteiger partial charge < -0.3 is 5.11 Å². The first-order valence-electron chi connectivity index (χ1n) is 5.58. The summed E-state index contributed by atoms with van der Waals surface area (Å²) in [6, 6.07) is 4.89. The van der Waals surface area contributed by atoms with Crippen molar-refractivity contribution in [2.24, 2.45) is 0 Å². The molecule has 0 aliphatic rings. The van der Waals surface area contributed by atoms with E-state index in [4.69, 9.17) is 5.11 Å². The van der Waals surface area contributed by atoms with Crippen molar-refractivity contribution in [2.75, 3.05) is 4.72 Å². The van der Waals surface area contributed by atoms with Crippen LogP contribution >= 0.6 is 11.3 Å². The molecule has 0 saturated carbocycles. The summed E-state index contributed by atoms with van der Waals surface area (Å²) in [5.74, 6) is 0. The highest BCUT2D eigenvalue weighted by Crippen LogP contribution is 2.28. The molecule has 2 heterocycles. The second-order valence-electron chi connectivity index (χ2n) is 4.07. The minimum absolute atomic E-state index is 0.155. The number of rotatable bonds is 4. The maximum absolute atomic E-state index is 12.2. The summed E-state index contributed by atoms with van der Waals surface area (Å²) < 4.78 is 27.1. The van der Waals surface area contributed by atoms with Gasteiger partial charge in [-0.3, -0.25) is 9.71 Å². The van der Waals surface area contributed by atoms with Gasteiger partial charge in [0.05, 0.1) is 18.0 Å². The lowest BCUT2D eigenvalue weighted by Gasteiger charge is -2.07. The van der Waals surface area contributed by atoms with Gasteiger partial charge in [-0.15, -0.1) is 11.3 Å². The number of nitrogens with zero attached hydrogens (tertiary/aromatic N) is 1. The Morgan fingerprint density at radius 3 is 2.74 bits per heavy atom. The molecule has 2 aromatic heterocycles. The predicted molar refractivity (Wildman–Crippen MR) is 74.8 cm³/mol. The number of aryl methyl sites for hydroxylation is 2. The van der Waals surface area contributed by atoms with Gasteiger partial charge in [-0.25, -0.2) is 8.42 Å². The van der Waals surface area contributed by atoms with Gasteiger partial charge in [0, 0.05) is 11.1 Å². The molecule has 7 heteroatoms. The SMILES string of the molecule is Cc1cc(S(=O)(=O)Nc2cccnc2C)sc1CO. The lowest BCUT2D eigenvalue weighted by Crippen LogP contribution is -2.12. The van der Waals surface area contributed by atoms with E-state index in [1.54, 1.807) is 38.2 Å². The Bertz CT molecular complexity index is 693. The monoisotopic (exact) mass is 298 g/mol. The zero-order chi connectivity index (χ0) is 14.0. The van der Waals surface area contributed by atoms with E-state index in [0.717, 1.165) is 16.9 Å². The largest absolute Gasteiger partial charge is 0.391 e. The Labute approximate surface area is 116 Å². The molecule has 0 saturated heterocycles. The number of nitrogens with one attached hydrogen (secondary N) is 1. The minimum Gasteiger partial charge on any atom is -0.391 e. The normalized spacial score (nSPS) is 11.5. The van der Waals surface area contributed by atoms with Crippen LogP contribution in [0.25, 0.3) is 0 Å². The Morgan fingerprint density at radius 1 is 1.42 bits per heavy atom. The summed E-state index contributed by atoms with van der Waals surface area (Å²) in [4.78, 5) is 4.69. The van der Waals surface area contributed by atoms with Gasteiger partial charge in [0.25, 0.3) is 10.0 Å².